The minimum atomic E-state index is -1.12. The Kier molecular flexibility index (Phi) is 22.5. The molecule has 0 fully saturated rings. The van der Waals surface area contributed by atoms with Crippen molar-refractivity contribution in [2.45, 2.75) is 5.41 Å². The van der Waals surface area contributed by atoms with Gasteiger partial charge < -0.3 is 0 Å². The van der Waals surface area contributed by atoms with E-state index in [2.05, 4.69) is 570 Å². The van der Waals surface area contributed by atoms with Crippen molar-refractivity contribution in [3.05, 3.63) is 592 Å². The van der Waals surface area contributed by atoms with Crippen LogP contribution >= 0.6 is 0 Å². The van der Waals surface area contributed by atoms with Crippen molar-refractivity contribution in [3.8, 4) is 223 Å². The normalized spacial score (nSPS) is 11.8. The van der Waals surface area contributed by atoms with Crippen LogP contribution < -0.4 is 0 Å². The molecule has 1 aliphatic rings. The third-order valence-electron chi connectivity index (χ3n) is 28.0. The smallest absolute Gasteiger partial charge is 0.0622 e. The van der Waals surface area contributed by atoms with Crippen molar-refractivity contribution in [3.63, 3.8) is 0 Å². The lowest BCUT2D eigenvalue weighted by atomic mass is 9.65. The second kappa shape index (κ2) is 37.1. The maximum atomic E-state index is 2.58. The van der Waals surface area contributed by atoms with Gasteiger partial charge in [-0.1, -0.05) is 425 Å². The van der Waals surface area contributed by atoms with Crippen LogP contribution in [0.5, 0.6) is 0 Å². The topological polar surface area (TPSA) is 0 Å². The lowest BCUT2D eigenvalue weighted by molar-refractivity contribution is 0.770. The highest BCUT2D eigenvalue weighted by molar-refractivity contribution is 6.00. The molecule has 0 nitrogen and oxygen atoms in total. The number of benzene rings is 23. The van der Waals surface area contributed by atoms with Crippen LogP contribution in [-0.2, 0) is 5.41 Å². The molecule has 23 aromatic rings. The molecule has 0 amide bonds. The molecule has 0 unspecified atom stereocenters. The molecule has 0 heteroatoms. The SMILES string of the molecule is c1ccc(-c2cc(-c3ccccc3)cc(-c3cccc(-c4cc(-c5cccc(-c6cc(-c7ccccc7)cc(-c7ccccc7)c6)c5)cc(C5(c6cc(-c7cccc(-c8cc(-c9ccccc9)cc(-c9ccccc9)c8)c7)cc(-c7cccc(-c8cc(-c9ccccc9)cc(-c9ccccc9)c8)c7)c6)c6cc(-c7ccccc7)ccc6-c6c(-c7cccc(-c8ccccc8)c7)cccc65)c4)c3)c2)cc1. The van der Waals surface area contributed by atoms with Crippen LogP contribution in [0.1, 0.15) is 22.3 Å². The highest BCUT2D eigenvalue weighted by atomic mass is 14.5. The van der Waals surface area contributed by atoms with E-state index in [1.54, 1.807) is 0 Å². The Morgan fingerprint density at radius 1 is 0.0863 bits per heavy atom. The van der Waals surface area contributed by atoms with Crippen molar-refractivity contribution < 1.29 is 0 Å². The van der Waals surface area contributed by atoms with E-state index in [-0.39, 0.29) is 0 Å². The average molecular weight is 1760 g/mol. The monoisotopic (exact) mass is 1760 g/mol. The molecule has 0 saturated carbocycles. The number of hydrogen-bond donors (Lipinski definition) is 0. The Hall–Kier alpha value is -17.9. The summed E-state index contributed by atoms with van der Waals surface area (Å²) < 4.78 is 0. The molecular formula is C139H94. The second-order valence-corrected chi connectivity index (χ2v) is 36.6. The molecule has 0 spiro atoms. The summed E-state index contributed by atoms with van der Waals surface area (Å²) in [5, 5.41) is 0. The van der Waals surface area contributed by atoms with Crippen molar-refractivity contribution in [1.82, 2.24) is 0 Å². The molecule has 1 aliphatic carbocycles. The van der Waals surface area contributed by atoms with E-state index in [1.807, 2.05) is 0 Å². The van der Waals surface area contributed by atoms with Crippen LogP contribution in [0.2, 0.25) is 0 Å². The third-order valence-corrected chi connectivity index (χ3v) is 28.0. The molecule has 0 atom stereocenters. The zero-order valence-corrected chi connectivity index (χ0v) is 76.8. The minimum absolute atomic E-state index is 1.08. The van der Waals surface area contributed by atoms with Gasteiger partial charge in [-0.25, -0.2) is 0 Å². The maximum absolute atomic E-state index is 2.58. The fraction of sp³-hybridized carbons (Fsp3) is 0.00719. The summed E-state index contributed by atoms with van der Waals surface area (Å²) in [6.45, 7) is 0. The maximum Gasteiger partial charge on any atom is 0.0714 e. The fourth-order valence-corrected chi connectivity index (χ4v) is 21.1. The first-order valence-corrected chi connectivity index (χ1v) is 48.1. The number of hydrogen-bond acceptors (Lipinski definition) is 0. The van der Waals surface area contributed by atoms with Gasteiger partial charge in [0.05, 0.1) is 5.41 Å². The van der Waals surface area contributed by atoms with E-state index in [1.165, 1.54) is 22.3 Å². The molecule has 24 rings (SSSR count). The molecule has 0 N–H and O–H groups in total. The molecule has 0 saturated heterocycles. The van der Waals surface area contributed by atoms with Gasteiger partial charge in [-0.05, 0) is 390 Å². The summed E-state index contributed by atoms with van der Waals surface area (Å²) in [5.41, 5.74) is 48.9. The van der Waals surface area contributed by atoms with Crippen LogP contribution in [-0.4, -0.2) is 0 Å². The lowest BCUT2D eigenvalue weighted by Gasteiger charge is -2.36. The summed E-state index contributed by atoms with van der Waals surface area (Å²) in [4.78, 5) is 0. The molecule has 0 heterocycles. The van der Waals surface area contributed by atoms with Gasteiger partial charge in [0.1, 0.15) is 0 Å². The standard InChI is InChI=1S/C139H94/c1-11-37-95(38-12-1)105-57-35-66-115(75-105)134-67-36-68-136-138(134)135-70-69-114(96-39-13-2-14-40-96)94-137(135)139(136,132-90-128(110-62-31-58-106(71-110)124-80-116(97-41-15-3-16-42-97)76-117(81-124)98-43-17-4-18-44-98)88-129(91-132)111-63-32-59-107(72-111)125-82-118(99-45-19-5-20-46-99)77-119(83-125)100-47-21-6-22-48-100)133-92-130(112-64-33-60-108(73-112)126-84-120(101-49-23-7-24-50-101)78-121(85-126)102-51-25-8-26-52-102)89-131(93-133)113-65-34-61-109(74-113)127-86-122(103-53-27-9-28-54-103)79-123(87-127)104-55-29-10-30-56-104/h1-94H. The predicted octanol–water partition coefficient (Wildman–Crippen LogP) is 37.7. The third kappa shape index (κ3) is 16.9. The Morgan fingerprint density at radius 3 is 0.475 bits per heavy atom. The Morgan fingerprint density at radius 2 is 0.245 bits per heavy atom. The van der Waals surface area contributed by atoms with Crippen molar-refractivity contribution in [2.24, 2.45) is 0 Å². The molecule has 0 radical (unpaired) electrons. The first kappa shape index (κ1) is 84.1. The van der Waals surface area contributed by atoms with Crippen LogP contribution in [0.4, 0.5) is 0 Å². The lowest BCUT2D eigenvalue weighted by Crippen LogP contribution is -2.29. The number of fused-ring (bicyclic) bond motifs is 3. The van der Waals surface area contributed by atoms with Crippen molar-refractivity contribution in [1.29, 1.82) is 0 Å². The number of rotatable bonds is 21. The summed E-state index contributed by atoms with van der Waals surface area (Å²) in [6.07, 6.45) is 0. The van der Waals surface area contributed by atoms with Gasteiger partial charge in [0.25, 0.3) is 0 Å². The molecule has 0 bridgehead atoms. The predicted molar refractivity (Wildman–Crippen MR) is 587 cm³/mol. The van der Waals surface area contributed by atoms with Crippen molar-refractivity contribution in [2.75, 3.05) is 0 Å². The first-order chi connectivity index (χ1) is 68.8. The van der Waals surface area contributed by atoms with Crippen LogP contribution in [0, 0.1) is 0 Å². The molecule has 650 valence electrons. The van der Waals surface area contributed by atoms with E-state index in [4.69, 9.17) is 0 Å². The first-order valence-electron chi connectivity index (χ1n) is 48.1. The van der Waals surface area contributed by atoms with E-state index >= 15 is 0 Å². The van der Waals surface area contributed by atoms with E-state index in [9.17, 15) is 0 Å². The quantitative estimate of drug-likeness (QED) is 0.0673. The fourth-order valence-electron chi connectivity index (χ4n) is 21.1. The highest BCUT2D eigenvalue weighted by Crippen LogP contribution is 2.61. The second-order valence-electron chi connectivity index (χ2n) is 36.6. The van der Waals surface area contributed by atoms with Crippen LogP contribution in [0.15, 0.2) is 570 Å². The van der Waals surface area contributed by atoms with E-state index in [0.29, 0.717) is 0 Å². The van der Waals surface area contributed by atoms with Crippen molar-refractivity contribution >= 4 is 0 Å². The molecular weight excluding hydrogens is 1670 g/mol. The zero-order valence-electron chi connectivity index (χ0n) is 76.8. The van der Waals surface area contributed by atoms with Gasteiger partial charge in [0.15, 0.2) is 0 Å². The molecule has 0 aromatic heterocycles. The summed E-state index contributed by atoms with van der Waals surface area (Å²) in [5.74, 6) is 0. The van der Waals surface area contributed by atoms with Crippen LogP contribution in [0.25, 0.3) is 223 Å². The van der Waals surface area contributed by atoms with Gasteiger partial charge in [-0.15, -0.1) is 0 Å². The van der Waals surface area contributed by atoms with Gasteiger partial charge in [-0.2, -0.15) is 0 Å². The van der Waals surface area contributed by atoms with Crippen LogP contribution in [0.3, 0.4) is 0 Å². The Balaban J connectivity index is 0.808. The Bertz CT molecular complexity index is 7460. The van der Waals surface area contributed by atoms with Gasteiger partial charge in [-0.3, -0.25) is 0 Å². The molecule has 23 aromatic carbocycles. The summed E-state index contributed by atoms with van der Waals surface area (Å²) >= 11 is 0. The van der Waals surface area contributed by atoms with E-state index < -0.39 is 5.41 Å². The molecule has 0 aliphatic heterocycles. The average Bonchev–Trinajstić information content (AvgIpc) is 0.843. The van der Waals surface area contributed by atoms with E-state index in [0.717, 1.165) is 223 Å². The van der Waals surface area contributed by atoms with Gasteiger partial charge >= 0.3 is 0 Å². The minimum Gasteiger partial charge on any atom is -0.0622 e. The largest absolute Gasteiger partial charge is 0.0714 e. The zero-order chi connectivity index (χ0) is 92.4. The Labute approximate surface area is 814 Å². The molecule has 139 heavy (non-hydrogen) atoms. The summed E-state index contributed by atoms with van der Waals surface area (Å²) in [7, 11) is 0. The van der Waals surface area contributed by atoms with Gasteiger partial charge in [0, 0.05) is 0 Å². The summed E-state index contributed by atoms with van der Waals surface area (Å²) in [6, 6.07) is 214. The highest BCUT2D eigenvalue weighted by Gasteiger charge is 2.48. The van der Waals surface area contributed by atoms with Gasteiger partial charge in [0.2, 0.25) is 0 Å².